The minimum atomic E-state index is -0.910. The predicted molar refractivity (Wildman–Crippen MR) is 68.3 cm³/mol. The van der Waals surface area contributed by atoms with Gasteiger partial charge >= 0.3 is 5.97 Å². The zero-order valence-electron chi connectivity index (χ0n) is 7.37. The standard InChI is InChI=1S/C9H6Cl2O2S2/c10-5-1-2-6(7(11)3-5)9(14)15-4-8(12)13/h1-3H,4H2,(H,12,13). The molecule has 1 aromatic rings. The number of benzene rings is 1. The summed E-state index contributed by atoms with van der Waals surface area (Å²) >= 11 is 17.7. The molecular weight excluding hydrogens is 275 g/mol. The highest BCUT2D eigenvalue weighted by atomic mass is 35.5. The topological polar surface area (TPSA) is 37.3 Å². The van der Waals surface area contributed by atoms with E-state index in [0.29, 0.717) is 19.8 Å². The van der Waals surface area contributed by atoms with Gasteiger partial charge in [0.15, 0.2) is 0 Å². The van der Waals surface area contributed by atoms with Gasteiger partial charge in [0.25, 0.3) is 0 Å². The van der Waals surface area contributed by atoms with Gasteiger partial charge in [-0.15, -0.1) is 11.8 Å². The number of carbonyl (C=O) groups is 1. The van der Waals surface area contributed by atoms with Gasteiger partial charge in [-0.05, 0) is 12.1 Å². The summed E-state index contributed by atoms with van der Waals surface area (Å²) in [6.45, 7) is 0. The molecule has 6 heteroatoms. The lowest BCUT2D eigenvalue weighted by Crippen LogP contribution is -2.02. The van der Waals surface area contributed by atoms with Gasteiger partial charge in [-0.3, -0.25) is 4.79 Å². The van der Waals surface area contributed by atoms with Crippen molar-refractivity contribution < 1.29 is 9.90 Å². The van der Waals surface area contributed by atoms with Gasteiger partial charge in [0.1, 0.15) is 0 Å². The van der Waals surface area contributed by atoms with Gasteiger partial charge in [0.2, 0.25) is 0 Å². The first-order chi connectivity index (χ1) is 7.00. The van der Waals surface area contributed by atoms with Crippen molar-refractivity contribution in [3.63, 3.8) is 0 Å². The van der Waals surface area contributed by atoms with E-state index < -0.39 is 5.97 Å². The van der Waals surface area contributed by atoms with Crippen LogP contribution in [0.3, 0.4) is 0 Å². The van der Waals surface area contributed by atoms with Gasteiger partial charge in [0.05, 0.1) is 15.0 Å². The van der Waals surface area contributed by atoms with Crippen LogP contribution >= 0.6 is 47.2 Å². The first-order valence-corrected chi connectivity index (χ1v) is 5.99. The third kappa shape index (κ3) is 3.99. The number of carboxylic acids is 1. The van der Waals surface area contributed by atoms with Crippen molar-refractivity contribution in [1.29, 1.82) is 0 Å². The molecule has 0 saturated heterocycles. The first kappa shape index (κ1) is 12.8. The molecule has 0 aliphatic heterocycles. The van der Waals surface area contributed by atoms with Crippen LogP contribution in [-0.2, 0) is 4.79 Å². The van der Waals surface area contributed by atoms with Crippen LogP contribution in [0.4, 0.5) is 0 Å². The van der Waals surface area contributed by atoms with Crippen LogP contribution in [-0.4, -0.2) is 21.0 Å². The number of carboxylic acid groups (broad SMARTS) is 1. The second-order valence-electron chi connectivity index (χ2n) is 2.59. The molecule has 0 amide bonds. The Balaban J connectivity index is 2.78. The smallest absolute Gasteiger partial charge is 0.313 e. The normalized spacial score (nSPS) is 10.0. The Morgan fingerprint density at radius 3 is 2.67 bits per heavy atom. The fourth-order valence-corrected chi connectivity index (χ4v) is 2.42. The van der Waals surface area contributed by atoms with E-state index in [1.165, 1.54) is 0 Å². The fraction of sp³-hybridized carbons (Fsp3) is 0.111. The molecule has 0 bridgehead atoms. The summed E-state index contributed by atoms with van der Waals surface area (Å²) in [6.07, 6.45) is 0. The van der Waals surface area contributed by atoms with Crippen LogP contribution in [0, 0.1) is 0 Å². The van der Waals surface area contributed by atoms with Crippen molar-refractivity contribution in [2.75, 3.05) is 5.75 Å². The zero-order valence-corrected chi connectivity index (χ0v) is 10.5. The molecule has 0 spiro atoms. The van der Waals surface area contributed by atoms with Crippen molar-refractivity contribution in [3.8, 4) is 0 Å². The van der Waals surface area contributed by atoms with Gasteiger partial charge in [-0.1, -0.05) is 41.5 Å². The van der Waals surface area contributed by atoms with E-state index >= 15 is 0 Å². The van der Waals surface area contributed by atoms with E-state index in [2.05, 4.69) is 0 Å². The second kappa shape index (κ2) is 5.70. The van der Waals surface area contributed by atoms with Crippen molar-refractivity contribution in [3.05, 3.63) is 33.8 Å². The molecule has 0 aliphatic rings. The minimum Gasteiger partial charge on any atom is -0.481 e. The number of thiocarbonyl (C=S) groups is 1. The Bertz CT molecular complexity index is 407. The molecule has 0 saturated carbocycles. The number of hydrogen-bond acceptors (Lipinski definition) is 3. The van der Waals surface area contributed by atoms with E-state index in [9.17, 15) is 4.79 Å². The largest absolute Gasteiger partial charge is 0.481 e. The lowest BCUT2D eigenvalue weighted by Gasteiger charge is -2.04. The lowest BCUT2D eigenvalue weighted by molar-refractivity contribution is -0.133. The highest BCUT2D eigenvalue weighted by molar-refractivity contribution is 8.24. The Morgan fingerprint density at radius 1 is 1.47 bits per heavy atom. The first-order valence-electron chi connectivity index (χ1n) is 3.84. The SMILES string of the molecule is O=C(O)CSC(=S)c1ccc(Cl)cc1Cl. The molecule has 0 fully saturated rings. The zero-order chi connectivity index (χ0) is 11.4. The third-order valence-corrected chi connectivity index (χ3v) is 3.47. The number of thioether (sulfide) groups is 1. The monoisotopic (exact) mass is 280 g/mol. The van der Waals surface area contributed by atoms with Gasteiger partial charge in [-0.2, -0.15) is 0 Å². The molecule has 0 aromatic heterocycles. The molecule has 1 aromatic carbocycles. The van der Waals surface area contributed by atoms with Crippen LogP contribution in [0.25, 0.3) is 0 Å². The average molecular weight is 281 g/mol. The number of aliphatic carboxylic acids is 1. The van der Waals surface area contributed by atoms with Crippen LogP contribution in [0.1, 0.15) is 5.56 Å². The van der Waals surface area contributed by atoms with E-state index in [1.54, 1.807) is 18.2 Å². The van der Waals surface area contributed by atoms with E-state index in [0.717, 1.165) is 11.8 Å². The Hall–Kier alpha value is -0.290. The minimum absolute atomic E-state index is 0.0716. The Kier molecular flexibility index (Phi) is 4.86. The van der Waals surface area contributed by atoms with Gasteiger partial charge < -0.3 is 5.11 Å². The number of rotatable bonds is 3. The van der Waals surface area contributed by atoms with Crippen molar-refractivity contribution in [2.45, 2.75) is 0 Å². The maximum atomic E-state index is 10.3. The summed E-state index contributed by atoms with van der Waals surface area (Å²) in [5, 5.41) is 9.45. The molecular formula is C9H6Cl2O2S2. The van der Waals surface area contributed by atoms with Crippen LogP contribution in [0.5, 0.6) is 0 Å². The van der Waals surface area contributed by atoms with Crippen LogP contribution in [0.2, 0.25) is 10.0 Å². The van der Waals surface area contributed by atoms with E-state index in [1.807, 2.05) is 0 Å². The molecule has 0 radical (unpaired) electrons. The molecule has 1 rings (SSSR count). The summed E-state index contributed by atoms with van der Waals surface area (Å²) in [6, 6.07) is 4.92. The highest BCUT2D eigenvalue weighted by Gasteiger charge is 2.09. The molecule has 2 nitrogen and oxygen atoms in total. The lowest BCUT2D eigenvalue weighted by atomic mass is 10.2. The van der Waals surface area contributed by atoms with Crippen molar-refractivity contribution >= 4 is 57.3 Å². The van der Waals surface area contributed by atoms with Crippen LogP contribution in [0.15, 0.2) is 18.2 Å². The molecule has 1 N–H and O–H groups in total. The number of hydrogen-bond donors (Lipinski definition) is 1. The molecule has 0 unspecified atom stereocenters. The van der Waals surface area contributed by atoms with Crippen molar-refractivity contribution in [2.24, 2.45) is 0 Å². The summed E-state index contributed by atoms with van der Waals surface area (Å²) in [5.41, 5.74) is 0.641. The fourth-order valence-electron chi connectivity index (χ4n) is 0.860. The second-order valence-corrected chi connectivity index (χ2v) is 5.09. The third-order valence-electron chi connectivity index (χ3n) is 1.48. The Morgan fingerprint density at radius 2 is 2.13 bits per heavy atom. The summed E-state index contributed by atoms with van der Waals surface area (Å²) in [5.74, 6) is -0.981. The highest BCUT2D eigenvalue weighted by Crippen LogP contribution is 2.25. The predicted octanol–water partition coefficient (Wildman–Crippen LogP) is 3.49. The maximum absolute atomic E-state index is 10.3. The van der Waals surface area contributed by atoms with E-state index in [-0.39, 0.29) is 5.75 Å². The van der Waals surface area contributed by atoms with Crippen LogP contribution < -0.4 is 0 Å². The molecule has 80 valence electrons. The average Bonchev–Trinajstić information content (AvgIpc) is 2.14. The Labute approximate surface area is 107 Å². The van der Waals surface area contributed by atoms with E-state index in [4.69, 9.17) is 40.5 Å². The van der Waals surface area contributed by atoms with Gasteiger partial charge in [0, 0.05) is 10.6 Å². The maximum Gasteiger partial charge on any atom is 0.313 e. The van der Waals surface area contributed by atoms with Crippen molar-refractivity contribution in [1.82, 2.24) is 0 Å². The molecule has 0 atom stereocenters. The quantitative estimate of drug-likeness (QED) is 0.861. The molecule has 0 aliphatic carbocycles. The summed E-state index contributed by atoms with van der Waals surface area (Å²) in [7, 11) is 0. The summed E-state index contributed by atoms with van der Waals surface area (Å²) in [4.78, 5) is 10.3. The molecule has 0 heterocycles. The molecule has 15 heavy (non-hydrogen) atoms. The summed E-state index contributed by atoms with van der Waals surface area (Å²) < 4.78 is 0.457. The van der Waals surface area contributed by atoms with Gasteiger partial charge in [-0.25, -0.2) is 0 Å². The number of halogens is 2.